The van der Waals surface area contributed by atoms with Crippen LogP contribution in [-0.4, -0.2) is 26.6 Å². The van der Waals surface area contributed by atoms with Gasteiger partial charge in [0.25, 0.3) is 18.8 Å². The van der Waals surface area contributed by atoms with Gasteiger partial charge in [0.2, 0.25) is 5.91 Å². The van der Waals surface area contributed by atoms with Crippen LogP contribution in [0.5, 0.6) is 0 Å². The summed E-state index contributed by atoms with van der Waals surface area (Å²) in [5.74, 6) is -1.54. The zero-order chi connectivity index (χ0) is 23.3. The molecule has 4 rings (SSSR count). The summed E-state index contributed by atoms with van der Waals surface area (Å²) in [4.78, 5) is 28.8. The molecule has 7 nitrogen and oxygen atoms in total. The SMILES string of the molecule is Cc1c(Cl)c(C(F)F)nn1CC(=O)Nc1c(C(N)=O)sc2nc(C(F)F)cc(C3CC3)c12. The first-order valence-corrected chi connectivity index (χ1v) is 10.6. The van der Waals surface area contributed by atoms with Crippen molar-refractivity contribution in [2.75, 3.05) is 5.32 Å². The van der Waals surface area contributed by atoms with E-state index in [4.69, 9.17) is 17.3 Å². The first kappa shape index (κ1) is 22.5. The molecule has 2 amide bonds. The summed E-state index contributed by atoms with van der Waals surface area (Å²) in [5, 5.41) is 6.38. The van der Waals surface area contributed by atoms with Gasteiger partial charge >= 0.3 is 0 Å². The van der Waals surface area contributed by atoms with Crippen molar-refractivity contribution in [1.82, 2.24) is 14.8 Å². The molecule has 1 aliphatic rings. The molecule has 0 aromatic carbocycles. The van der Waals surface area contributed by atoms with Crippen molar-refractivity contribution < 1.29 is 27.2 Å². The highest BCUT2D eigenvalue weighted by molar-refractivity contribution is 7.21. The molecule has 1 fully saturated rings. The quantitative estimate of drug-likeness (QED) is 0.458. The highest BCUT2D eigenvalue weighted by Gasteiger charge is 2.32. The van der Waals surface area contributed by atoms with E-state index in [1.54, 1.807) is 0 Å². The van der Waals surface area contributed by atoms with Gasteiger partial charge in [-0.1, -0.05) is 11.6 Å². The summed E-state index contributed by atoms with van der Waals surface area (Å²) in [6.07, 6.45) is -4.16. The number of hydrogen-bond acceptors (Lipinski definition) is 5. The van der Waals surface area contributed by atoms with Crippen molar-refractivity contribution in [1.29, 1.82) is 0 Å². The summed E-state index contributed by atoms with van der Waals surface area (Å²) in [5.41, 5.74) is 5.19. The van der Waals surface area contributed by atoms with Gasteiger partial charge in [-0.3, -0.25) is 14.3 Å². The second-order valence-electron chi connectivity index (χ2n) is 7.35. The molecule has 32 heavy (non-hydrogen) atoms. The van der Waals surface area contributed by atoms with E-state index < -0.39 is 42.6 Å². The van der Waals surface area contributed by atoms with Gasteiger partial charge in [0, 0.05) is 5.39 Å². The molecule has 0 radical (unpaired) electrons. The average molecular weight is 490 g/mol. The van der Waals surface area contributed by atoms with Crippen LogP contribution in [0.25, 0.3) is 10.2 Å². The van der Waals surface area contributed by atoms with Gasteiger partial charge in [-0.2, -0.15) is 5.10 Å². The van der Waals surface area contributed by atoms with Crippen LogP contribution < -0.4 is 11.1 Å². The number of rotatable bonds is 7. The van der Waals surface area contributed by atoms with Gasteiger partial charge in [-0.25, -0.2) is 22.5 Å². The molecule has 0 unspecified atom stereocenters. The summed E-state index contributed by atoms with van der Waals surface area (Å²) >= 11 is 6.67. The largest absolute Gasteiger partial charge is 0.365 e. The molecule has 0 atom stereocenters. The molecule has 3 aromatic rings. The molecule has 3 N–H and O–H groups in total. The summed E-state index contributed by atoms with van der Waals surface area (Å²) < 4.78 is 53.7. The van der Waals surface area contributed by atoms with E-state index in [9.17, 15) is 27.2 Å². The number of halogens is 5. The number of amides is 2. The Kier molecular flexibility index (Phi) is 5.84. The number of primary amides is 1. The van der Waals surface area contributed by atoms with Crippen LogP contribution in [0.1, 0.15) is 63.9 Å². The molecule has 3 heterocycles. The fourth-order valence-corrected chi connectivity index (χ4v) is 4.66. The molecule has 1 saturated carbocycles. The van der Waals surface area contributed by atoms with Crippen molar-refractivity contribution >= 4 is 50.7 Å². The first-order valence-electron chi connectivity index (χ1n) is 9.44. The number of aromatic nitrogens is 3. The number of nitrogens with one attached hydrogen (secondary N) is 1. The fourth-order valence-electron chi connectivity index (χ4n) is 3.42. The monoisotopic (exact) mass is 489 g/mol. The predicted molar refractivity (Wildman–Crippen MR) is 111 cm³/mol. The molecule has 0 bridgehead atoms. The predicted octanol–water partition coefficient (Wildman–Crippen LogP) is 4.94. The van der Waals surface area contributed by atoms with E-state index in [1.807, 2.05) is 0 Å². The average Bonchev–Trinajstić information content (AvgIpc) is 3.45. The number of carbonyl (C=O) groups excluding carboxylic acids is 2. The first-order chi connectivity index (χ1) is 15.1. The zero-order valence-electron chi connectivity index (χ0n) is 16.5. The zero-order valence-corrected chi connectivity index (χ0v) is 18.0. The molecule has 13 heteroatoms. The Morgan fingerprint density at radius 1 is 1.31 bits per heavy atom. The molecule has 3 aromatic heterocycles. The molecule has 170 valence electrons. The molecule has 0 saturated heterocycles. The minimum Gasteiger partial charge on any atom is -0.365 e. The standard InChI is InChI=1S/C19H16ClF4N5O2S/c1-6-12(20)14(17(23)24)28-29(6)5-10(30)27-13-11-8(7-2-3-7)4-9(16(21)22)26-19(11)32-15(13)18(25)31/h4,7,16-17H,2-3,5H2,1H3,(H2,25,31)(H,27,30). The fraction of sp³-hybridized carbons (Fsp3) is 0.368. The molecule has 0 aliphatic heterocycles. The van der Waals surface area contributed by atoms with E-state index in [2.05, 4.69) is 15.4 Å². The minimum absolute atomic E-state index is 0.00439. The van der Waals surface area contributed by atoms with Crippen LogP contribution in [0.4, 0.5) is 23.2 Å². The smallest absolute Gasteiger partial charge is 0.283 e. The van der Waals surface area contributed by atoms with Crippen molar-refractivity contribution in [3.63, 3.8) is 0 Å². The lowest BCUT2D eigenvalue weighted by atomic mass is 10.0. The van der Waals surface area contributed by atoms with Crippen molar-refractivity contribution in [3.05, 3.63) is 38.6 Å². The second kappa shape index (κ2) is 8.32. The third-order valence-electron chi connectivity index (χ3n) is 5.10. The van der Waals surface area contributed by atoms with Gasteiger partial charge in [0.05, 0.1) is 16.4 Å². The maximum absolute atomic E-state index is 13.3. The van der Waals surface area contributed by atoms with Crippen LogP contribution in [0.15, 0.2) is 6.07 Å². The van der Waals surface area contributed by atoms with Crippen LogP contribution in [0, 0.1) is 6.92 Å². The highest BCUT2D eigenvalue weighted by Crippen LogP contribution is 2.48. The van der Waals surface area contributed by atoms with Gasteiger partial charge in [0.1, 0.15) is 27.6 Å². The molecule has 1 aliphatic carbocycles. The Bertz CT molecular complexity index is 1240. The Labute approximate surface area is 187 Å². The van der Waals surface area contributed by atoms with Crippen LogP contribution in [0.2, 0.25) is 5.02 Å². The van der Waals surface area contributed by atoms with Crippen LogP contribution >= 0.6 is 22.9 Å². The number of nitrogens with zero attached hydrogens (tertiary/aromatic N) is 3. The number of anilines is 1. The normalized spacial score (nSPS) is 14.0. The number of alkyl halides is 4. The van der Waals surface area contributed by atoms with Crippen LogP contribution in [-0.2, 0) is 11.3 Å². The van der Waals surface area contributed by atoms with E-state index in [0.717, 1.165) is 28.9 Å². The van der Waals surface area contributed by atoms with Crippen LogP contribution in [0.3, 0.4) is 0 Å². The lowest BCUT2D eigenvalue weighted by Crippen LogP contribution is -2.22. The Morgan fingerprint density at radius 2 is 2.00 bits per heavy atom. The maximum Gasteiger partial charge on any atom is 0.283 e. The van der Waals surface area contributed by atoms with Gasteiger partial charge in [0.15, 0.2) is 0 Å². The maximum atomic E-state index is 13.3. The number of pyridine rings is 1. The van der Waals surface area contributed by atoms with Gasteiger partial charge in [-0.15, -0.1) is 11.3 Å². The van der Waals surface area contributed by atoms with Crippen molar-refractivity contribution in [2.24, 2.45) is 5.73 Å². The third kappa shape index (κ3) is 4.04. The highest BCUT2D eigenvalue weighted by atomic mass is 35.5. The Hall–Kier alpha value is -2.73. The summed E-state index contributed by atoms with van der Waals surface area (Å²) in [6, 6.07) is 1.28. The lowest BCUT2D eigenvalue weighted by Gasteiger charge is -2.11. The topological polar surface area (TPSA) is 103 Å². The number of fused-ring (bicyclic) bond motifs is 1. The van der Waals surface area contributed by atoms with E-state index in [1.165, 1.54) is 13.0 Å². The molecule has 0 spiro atoms. The summed E-state index contributed by atoms with van der Waals surface area (Å²) in [6.45, 7) is 0.972. The Balaban J connectivity index is 1.74. The number of carbonyl (C=O) groups is 2. The van der Waals surface area contributed by atoms with E-state index in [-0.39, 0.29) is 32.0 Å². The summed E-state index contributed by atoms with van der Waals surface area (Å²) in [7, 11) is 0. The third-order valence-corrected chi connectivity index (χ3v) is 6.66. The molecular weight excluding hydrogens is 474 g/mol. The van der Waals surface area contributed by atoms with Gasteiger partial charge in [-0.05, 0) is 37.3 Å². The lowest BCUT2D eigenvalue weighted by molar-refractivity contribution is -0.116. The minimum atomic E-state index is -2.91. The number of hydrogen-bond donors (Lipinski definition) is 2. The van der Waals surface area contributed by atoms with Gasteiger partial charge < -0.3 is 11.1 Å². The number of thiophene rings is 1. The Morgan fingerprint density at radius 3 is 2.53 bits per heavy atom. The molecular formula is C19H16ClF4N5O2S. The van der Waals surface area contributed by atoms with E-state index in [0.29, 0.717) is 10.9 Å². The second-order valence-corrected chi connectivity index (χ2v) is 8.73. The number of nitrogens with two attached hydrogens (primary N) is 1. The van der Waals surface area contributed by atoms with E-state index >= 15 is 0 Å². The van der Waals surface area contributed by atoms with Crippen molar-refractivity contribution in [2.45, 2.75) is 45.1 Å². The van der Waals surface area contributed by atoms with Crippen molar-refractivity contribution in [3.8, 4) is 0 Å².